The van der Waals surface area contributed by atoms with Crippen molar-refractivity contribution in [2.75, 3.05) is 76.9 Å². The van der Waals surface area contributed by atoms with Crippen LogP contribution in [0.25, 0.3) is 33.4 Å². The number of carbonyl (C=O) groups excluding carboxylic acids is 6. The minimum Gasteiger partial charge on any atom is -0.456 e. The number of aliphatic hydroxyl groups is 1. The molecule has 5 amide bonds. The lowest BCUT2D eigenvalue weighted by atomic mass is 9.90. The van der Waals surface area contributed by atoms with Crippen molar-refractivity contribution in [1.82, 2.24) is 49.6 Å². The van der Waals surface area contributed by atoms with E-state index in [2.05, 4.69) is 99.8 Å². The second kappa shape index (κ2) is 36.9. The number of nitro benzene ring substituents is 1. The third-order valence-electron chi connectivity index (χ3n) is 19.7. The number of non-ortho nitro benzene ring substituents is 1. The molecular weight excluding hydrogens is 1430 g/mol. The zero-order chi connectivity index (χ0) is 78.1. The Morgan fingerprint density at radius 2 is 1.34 bits per heavy atom. The van der Waals surface area contributed by atoms with E-state index >= 15 is 0 Å². The summed E-state index contributed by atoms with van der Waals surface area (Å²) in [6.07, 6.45) is 1.67. The quantitative estimate of drug-likeness (QED) is 0.00717. The molecule has 574 valence electrons. The molecule has 3 heterocycles. The molecule has 109 heavy (non-hydrogen) atoms. The van der Waals surface area contributed by atoms with Gasteiger partial charge in [-0.25, -0.2) is 26.1 Å². The molecule has 26 nitrogen and oxygen atoms in total. The van der Waals surface area contributed by atoms with E-state index in [0.717, 1.165) is 93.9 Å². The minimum absolute atomic E-state index is 0.00660. The van der Waals surface area contributed by atoms with Gasteiger partial charge in [-0.05, 0) is 119 Å². The van der Waals surface area contributed by atoms with Crippen molar-refractivity contribution in [2.45, 2.75) is 133 Å². The van der Waals surface area contributed by atoms with Crippen molar-refractivity contribution in [3.05, 3.63) is 213 Å². The summed E-state index contributed by atoms with van der Waals surface area (Å²) in [6.45, 7) is 17.9. The van der Waals surface area contributed by atoms with E-state index < -0.39 is 61.3 Å². The number of nitro groups is 1. The molecule has 3 aliphatic rings. The summed E-state index contributed by atoms with van der Waals surface area (Å²) in [4.78, 5) is 97.6. The van der Waals surface area contributed by atoms with Gasteiger partial charge in [-0.2, -0.15) is 4.31 Å². The number of aliphatic hydroxyl groups excluding tert-OH is 1. The number of rotatable bonds is 35. The summed E-state index contributed by atoms with van der Waals surface area (Å²) >= 11 is 0. The number of anilines is 1. The maximum absolute atomic E-state index is 14.7. The van der Waals surface area contributed by atoms with Crippen molar-refractivity contribution < 1.29 is 60.0 Å². The zero-order valence-corrected chi connectivity index (χ0v) is 64.1. The number of piperazine rings is 1. The number of sulfone groups is 1. The fourth-order valence-electron chi connectivity index (χ4n) is 13.4. The zero-order valence-electron chi connectivity index (χ0n) is 62.5. The van der Waals surface area contributed by atoms with Crippen LogP contribution in [0.4, 0.5) is 11.4 Å². The Bertz CT molecular complexity index is 5010. The molecule has 3 atom stereocenters. The lowest BCUT2D eigenvalue weighted by molar-refractivity contribution is -0.384. The van der Waals surface area contributed by atoms with Crippen LogP contribution in [0.5, 0.6) is 0 Å². The number of ketones is 1. The van der Waals surface area contributed by atoms with Gasteiger partial charge in [0.1, 0.15) is 36.2 Å². The Hall–Kier alpha value is -10.8. The monoisotopic (exact) mass is 1520 g/mol. The highest BCUT2D eigenvalue weighted by Gasteiger charge is 2.34. The third-order valence-corrected chi connectivity index (χ3v) is 23.2. The van der Waals surface area contributed by atoms with Crippen molar-refractivity contribution in [1.29, 1.82) is 0 Å². The van der Waals surface area contributed by atoms with E-state index in [0.29, 0.717) is 85.6 Å². The Kier molecular flexibility index (Phi) is 27.3. The Morgan fingerprint density at radius 1 is 0.661 bits per heavy atom. The first-order chi connectivity index (χ1) is 52.3. The van der Waals surface area contributed by atoms with Gasteiger partial charge in [0.15, 0.2) is 5.78 Å². The van der Waals surface area contributed by atoms with Crippen molar-refractivity contribution in [2.24, 2.45) is 5.92 Å². The topological polar surface area (TPSA) is 330 Å². The summed E-state index contributed by atoms with van der Waals surface area (Å²) < 4.78 is 67.2. The maximum atomic E-state index is 14.7. The van der Waals surface area contributed by atoms with Crippen LogP contribution in [0.3, 0.4) is 0 Å². The number of fused-ring (bicyclic) bond motifs is 2. The van der Waals surface area contributed by atoms with E-state index in [-0.39, 0.29) is 94.3 Å². The van der Waals surface area contributed by atoms with E-state index in [9.17, 15) is 60.8 Å². The number of hydrogen-bond donors (Lipinski definition) is 4. The van der Waals surface area contributed by atoms with Crippen LogP contribution in [0, 0.1) is 16.0 Å². The summed E-state index contributed by atoms with van der Waals surface area (Å²) in [6, 6.07) is 42.7. The average Bonchev–Trinajstić information content (AvgIpc) is 1.10. The summed E-state index contributed by atoms with van der Waals surface area (Å²) in [5.41, 5.74) is 6.41. The van der Waals surface area contributed by atoms with Crippen molar-refractivity contribution >= 4 is 77.5 Å². The predicted molar refractivity (Wildman–Crippen MR) is 415 cm³/mol. The normalized spacial score (nSPS) is 13.4. The van der Waals surface area contributed by atoms with Gasteiger partial charge in [-0.3, -0.25) is 38.9 Å². The first kappa shape index (κ1) is 80.7. The highest BCUT2D eigenvalue weighted by Crippen LogP contribution is 2.43. The molecule has 1 aromatic heterocycles. The van der Waals surface area contributed by atoms with Gasteiger partial charge in [0, 0.05) is 148 Å². The van der Waals surface area contributed by atoms with Crippen LogP contribution in [0.1, 0.15) is 131 Å². The van der Waals surface area contributed by atoms with Crippen LogP contribution < -0.4 is 30.8 Å². The van der Waals surface area contributed by atoms with E-state index in [1.54, 1.807) is 79.1 Å². The highest BCUT2D eigenvalue weighted by atomic mass is 32.2. The number of carbonyl (C=O) groups is 6. The number of aromatic nitrogens is 3. The second-order valence-electron chi connectivity index (χ2n) is 27.4. The lowest BCUT2D eigenvalue weighted by Gasteiger charge is -2.35. The number of benzene rings is 7. The first-order valence-corrected chi connectivity index (χ1v) is 39.9. The molecular formula is C81H95N12O14S2+. The largest absolute Gasteiger partial charge is 0.456 e. The molecule has 0 radical (unpaired) electrons. The molecule has 1 unspecified atom stereocenters. The number of unbranched alkanes of at least 4 members (excludes halogenated alkanes) is 2. The van der Waals surface area contributed by atoms with Crippen LogP contribution in [-0.2, 0) is 52.0 Å². The Labute approximate surface area is 635 Å². The standard InChI is InChI=1S/C81H94N12O14S2/c1-8-87(9-2)62-34-38-69-73(48-62)107-74-49-63(88(10-3)11-4)35-39-70(74)78(69)67-25-17-18-26-68(67)81(100)90-45-43-89(44-46-90)77(97)41-40-75(95)82-42-19-13-16-27-76(96)84-71(47-57-28-30-59(31-29-57)79(98)58-21-14-12-15-22-58)80(99)83-51-60-53-92(86-85-60)56(7)72(94)54-91(52-55(5)6)109(105,106)66-24-20-23-65(50-66)108(103,104)64-36-32-61(33-37-64)93(101)102/h12,14-15,17-18,20-26,28-39,48-50,53,55-56,71-72,94H,8-11,13,16,19,27,40-47,51-52,54H2,1-7H3,(H2-,82,83,84,95,96,99)/p+1/t56-,71-,72?/m0/s1. The fraction of sp³-hybridized carbons (Fsp3) is 0.370. The van der Waals surface area contributed by atoms with Gasteiger partial charge in [-0.1, -0.05) is 104 Å². The smallest absolute Gasteiger partial charge is 0.269 e. The number of nitrogens with zero attached hydrogens (tertiary/aromatic N) is 9. The van der Waals surface area contributed by atoms with E-state index in [1.807, 2.05) is 30.3 Å². The second-order valence-corrected chi connectivity index (χ2v) is 31.3. The van der Waals surface area contributed by atoms with Gasteiger partial charge in [0.25, 0.3) is 11.6 Å². The number of nitrogens with one attached hydrogen (secondary N) is 3. The SMILES string of the molecule is CCN(CC)c1ccc2c(-c3ccccc3C(=O)N3CCN(C(=O)CCC(=O)NCCCCCC(=O)N[C@@H](Cc4ccc(C(=O)c5ccccc5)cc4)C(=O)NCc4cn([C@@H](C)C(O)CN(CC(C)C)S(=O)(=O)c5cccc(S(=O)(=O)c6ccc([N+](=O)[O-])cc6)c5)nn4)CC3)c3ccc(=[N+](CC)CC)cc-3oc2c1. The molecule has 0 bridgehead atoms. The first-order valence-electron chi connectivity index (χ1n) is 37.0. The number of hydrogen-bond acceptors (Lipinski definition) is 17. The van der Waals surface area contributed by atoms with Crippen molar-refractivity contribution in [3.8, 4) is 22.5 Å². The molecule has 1 fully saturated rings. The van der Waals surface area contributed by atoms with Crippen LogP contribution in [0.2, 0.25) is 0 Å². The van der Waals surface area contributed by atoms with E-state index in [4.69, 9.17) is 4.42 Å². The molecule has 28 heteroatoms. The molecule has 7 aromatic rings. The third kappa shape index (κ3) is 19.9. The molecule has 2 aliphatic heterocycles. The van der Waals surface area contributed by atoms with Crippen LogP contribution >= 0.6 is 0 Å². The average molecular weight is 1520 g/mol. The lowest BCUT2D eigenvalue weighted by Crippen LogP contribution is -2.50. The molecule has 4 N–H and O–H groups in total. The van der Waals surface area contributed by atoms with Gasteiger partial charge < -0.3 is 40.2 Å². The molecule has 1 saturated heterocycles. The molecule has 6 aromatic carbocycles. The molecule has 0 saturated carbocycles. The molecule has 0 spiro atoms. The number of sulfonamides is 1. The van der Waals surface area contributed by atoms with Gasteiger partial charge >= 0.3 is 0 Å². The predicted octanol–water partition coefficient (Wildman–Crippen LogP) is 9.48. The highest BCUT2D eigenvalue weighted by molar-refractivity contribution is 7.91. The fourth-order valence-corrected chi connectivity index (χ4v) is 16.5. The van der Waals surface area contributed by atoms with Crippen molar-refractivity contribution in [3.63, 3.8) is 0 Å². The minimum atomic E-state index is -4.45. The molecule has 1 aliphatic carbocycles. The van der Waals surface area contributed by atoms with Crippen LogP contribution in [-0.4, -0.2) is 175 Å². The summed E-state index contributed by atoms with van der Waals surface area (Å²) in [5.74, 6) is -1.30. The molecule has 10 rings (SSSR count). The number of amides is 5. The Balaban J connectivity index is 0.700. The van der Waals surface area contributed by atoms with E-state index in [1.165, 1.54) is 29.1 Å². The van der Waals surface area contributed by atoms with Gasteiger partial charge in [-0.15, -0.1) is 5.10 Å². The summed E-state index contributed by atoms with van der Waals surface area (Å²) in [7, 11) is -8.77. The summed E-state index contributed by atoms with van der Waals surface area (Å²) in [5, 5.41) is 41.7. The van der Waals surface area contributed by atoms with Crippen LogP contribution in [0.15, 0.2) is 189 Å². The Morgan fingerprint density at radius 3 is 2.03 bits per heavy atom. The maximum Gasteiger partial charge on any atom is 0.269 e. The van der Waals surface area contributed by atoms with Gasteiger partial charge in [0.05, 0.1) is 50.6 Å². The van der Waals surface area contributed by atoms with Gasteiger partial charge in [0.2, 0.25) is 48.8 Å².